The average molecular weight is 402 g/mol. The lowest BCUT2D eigenvalue weighted by molar-refractivity contribution is -0.121. The minimum Gasteiger partial charge on any atom is -0.378 e. The first kappa shape index (κ1) is 21.3. The van der Waals surface area contributed by atoms with Crippen LogP contribution in [0.25, 0.3) is 11.0 Å². The number of hydrogen-bond donors (Lipinski definition) is 1. The van der Waals surface area contributed by atoms with Crippen LogP contribution in [0.1, 0.15) is 20.3 Å². The van der Waals surface area contributed by atoms with Crippen LogP contribution in [0.4, 0.5) is 5.82 Å². The molecular weight excluding hydrogens is 370 g/mol. The number of nitrogens with zero attached hydrogens (tertiary/aromatic N) is 4. The topological polar surface area (TPSA) is 79.7 Å². The van der Waals surface area contributed by atoms with Crippen molar-refractivity contribution in [3.8, 4) is 0 Å². The van der Waals surface area contributed by atoms with Crippen LogP contribution < -0.4 is 15.8 Å². The van der Waals surface area contributed by atoms with Crippen molar-refractivity contribution in [3.63, 3.8) is 0 Å². The van der Waals surface area contributed by atoms with Gasteiger partial charge in [0.05, 0.1) is 24.2 Å². The van der Waals surface area contributed by atoms with Crippen LogP contribution in [0.15, 0.2) is 29.1 Å². The van der Waals surface area contributed by atoms with E-state index in [1.807, 2.05) is 29.2 Å². The van der Waals surface area contributed by atoms with Crippen molar-refractivity contribution >= 4 is 22.8 Å². The number of amides is 1. The predicted molar refractivity (Wildman–Crippen MR) is 114 cm³/mol. The van der Waals surface area contributed by atoms with E-state index in [-0.39, 0.29) is 17.9 Å². The van der Waals surface area contributed by atoms with E-state index in [9.17, 15) is 9.59 Å². The average Bonchev–Trinajstić information content (AvgIpc) is 2.76. The third-order valence-corrected chi connectivity index (χ3v) is 5.35. The SMILES string of the molecule is CCN(CC)CCNC(=O)CCn1c(=O)c(N2CCOCC2)nc2ccccc21. The number of ether oxygens (including phenoxy) is 1. The van der Waals surface area contributed by atoms with Crippen molar-refractivity contribution < 1.29 is 9.53 Å². The third kappa shape index (κ3) is 5.33. The molecule has 1 aliphatic rings. The van der Waals surface area contributed by atoms with Gasteiger partial charge in [0.2, 0.25) is 5.91 Å². The van der Waals surface area contributed by atoms with Gasteiger partial charge in [0.1, 0.15) is 0 Å². The second-order valence-corrected chi connectivity index (χ2v) is 7.11. The van der Waals surface area contributed by atoms with Crippen molar-refractivity contribution in [3.05, 3.63) is 34.6 Å². The molecule has 8 nitrogen and oxygen atoms in total. The first-order chi connectivity index (χ1) is 14.1. The maximum Gasteiger partial charge on any atom is 0.294 e. The molecule has 158 valence electrons. The molecule has 2 heterocycles. The number of benzene rings is 1. The van der Waals surface area contributed by atoms with Crippen LogP contribution in [0.3, 0.4) is 0 Å². The minimum atomic E-state index is -0.151. The van der Waals surface area contributed by atoms with Gasteiger partial charge in [-0.05, 0) is 25.2 Å². The summed E-state index contributed by atoms with van der Waals surface area (Å²) in [6.45, 7) is 10.4. The van der Waals surface area contributed by atoms with E-state index in [4.69, 9.17) is 4.74 Å². The van der Waals surface area contributed by atoms with E-state index >= 15 is 0 Å². The van der Waals surface area contributed by atoms with Gasteiger partial charge >= 0.3 is 0 Å². The zero-order chi connectivity index (χ0) is 20.6. The zero-order valence-electron chi connectivity index (χ0n) is 17.4. The van der Waals surface area contributed by atoms with Crippen LogP contribution in [-0.2, 0) is 16.1 Å². The fourth-order valence-electron chi connectivity index (χ4n) is 3.58. The first-order valence-electron chi connectivity index (χ1n) is 10.4. The molecule has 2 aromatic rings. The summed E-state index contributed by atoms with van der Waals surface area (Å²) in [5.41, 5.74) is 1.36. The summed E-state index contributed by atoms with van der Waals surface area (Å²) < 4.78 is 7.07. The van der Waals surface area contributed by atoms with Crippen molar-refractivity contribution in [1.82, 2.24) is 19.8 Å². The summed E-state index contributed by atoms with van der Waals surface area (Å²) in [5.74, 6) is 0.395. The molecule has 1 aromatic heterocycles. The second-order valence-electron chi connectivity index (χ2n) is 7.11. The van der Waals surface area contributed by atoms with E-state index in [1.165, 1.54) is 0 Å². The molecule has 1 aromatic carbocycles. The molecule has 0 radical (unpaired) electrons. The molecule has 3 rings (SSSR count). The van der Waals surface area contributed by atoms with Gasteiger partial charge in [-0.15, -0.1) is 0 Å². The van der Waals surface area contributed by atoms with Gasteiger partial charge in [0.15, 0.2) is 5.82 Å². The first-order valence-corrected chi connectivity index (χ1v) is 10.4. The second kappa shape index (κ2) is 10.4. The Labute approximate surface area is 171 Å². The van der Waals surface area contributed by atoms with Gasteiger partial charge in [-0.2, -0.15) is 0 Å². The molecule has 0 spiro atoms. The molecular formula is C21H31N5O3. The Hall–Kier alpha value is -2.45. The Morgan fingerprint density at radius 3 is 2.66 bits per heavy atom. The molecule has 1 saturated heterocycles. The highest BCUT2D eigenvalue weighted by Crippen LogP contribution is 2.15. The van der Waals surface area contributed by atoms with Crippen molar-refractivity contribution in [2.24, 2.45) is 0 Å². The molecule has 0 aliphatic carbocycles. The number of para-hydroxylation sites is 2. The fourth-order valence-corrected chi connectivity index (χ4v) is 3.58. The van der Waals surface area contributed by atoms with E-state index < -0.39 is 0 Å². The Morgan fingerprint density at radius 2 is 1.93 bits per heavy atom. The number of hydrogen-bond acceptors (Lipinski definition) is 6. The number of rotatable bonds is 9. The van der Waals surface area contributed by atoms with Crippen molar-refractivity contribution in [2.45, 2.75) is 26.8 Å². The highest BCUT2D eigenvalue weighted by Gasteiger charge is 2.19. The summed E-state index contributed by atoms with van der Waals surface area (Å²) in [4.78, 5) is 34.3. The van der Waals surface area contributed by atoms with E-state index in [0.717, 1.165) is 30.7 Å². The molecule has 0 atom stereocenters. The van der Waals surface area contributed by atoms with Crippen molar-refractivity contribution in [2.75, 3.05) is 57.4 Å². The highest BCUT2D eigenvalue weighted by atomic mass is 16.5. The van der Waals surface area contributed by atoms with Gasteiger partial charge in [0, 0.05) is 39.1 Å². The van der Waals surface area contributed by atoms with E-state index in [1.54, 1.807) is 4.57 Å². The quantitative estimate of drug-likeness (QED) is 0.677. The highest BCUT2D eigenvalue weighted by molar-refractivity contribution is 5.78. The summed E-state index contributed by atoms with van der Waals surface area (Å²) >= 11 is 0. The third-order valence-electron chi connectivity index (χ3n) is 5.35. The Balaban J connectivity index is 1.73. The smallest absolute Gasteiger partial charge is 0.294 e. The molecule has 1 fully saturated rings. The van der Waals surface area contributed by atoms with Crippen molar-refractivity contribution in [1.29, 1.82) is 0 Å². The summed E-state index contributed by atoms with van der Waals surface area (Å²) in [6, 6.07) is 7.58. The van der Waals surface area contributed by atoms with Gasteiger partial charge in [-0.25, -0.2) is 4.98 Å². The number of morpholine rings is 1. The van der Waals surface area contributed by atoms with Gasteiger partial charge in [0.25, 0.3) is 5.56 Å². The summed E-state index contributed by atoms with van der Waals surface area (Å²) in [7, 11) is 0. The minimum absolute atomic E-state index is 0.0436. The zero-order valence-corrected chi connectivity index (χ0v) is 17.4. The molecule has 0 unspecified atom stereocenters. The molecule has 29 heavy (non-hydrogen) atoms. The maximum atomic E-state index is 13.2. The molecule has 0 bridgehead atoms. The van der Waals surface area contributed by atoms with Crippen LogP contribution in [-0.4, -0.2) is 72.8 Å². The fraction of sp³-hybridized carbons (Fsp3) is 0.571. The van der Waals surface area contributed by atoms with Gasteiger partial charge in [-0.3, -0.25) is 9.59 Å². The normalized spacial score (nSPS) is 14.5. The van der Waals surface area contributed by atoms with Crippen LogP contribution >= 0.6 is 0 Å². The van der Waals surface area contributed by atoms with E-state index in [2.05, 4.69) is 29.0 Å². The summed E-state index contributed by atoms with van der Waals surface area (Å²) in [6.07, 6.45) is 0.259. The van der Waals surface area contributed by atoms with Crippen LogP contribution in [0, 0.1) is 0 Å². The lowest BCUT2D eigenvalue weighted by Crippen LogP contribution is -2.41. The Bertz CT molecular complexity index is 872. The van der Waals surface area contributed by atoms with Gasteiger partial charge < -0.3 is 24.4 Å². The molecule has 1 aliphatic heterocycles. The predicted octanol–water partition coefficient (Wildman–Crippen LogP) is 1.08. The standard InChI is InChI=1S/C21H31N5O3/c1-3-24(4-2)12-10-22-19(27)9-11-26-18-8-6-5-7-17(18)23-20(21(26)28)25-13-15-29-16-14-25/h5-8H,3-4,9-16H2,1-2H3,(H,22,27). The number of aromatic nitrogens is 2. The molecule has 8 heteroatoms. The van der Waals surface area contributed by atoms with E-state index in [0.29, 0.717) is 45.2 Å². The molecule has 1 amide bonds. The summed E-state index contributed by atoms with van der Waals surface area (Å²) in [5, 5.41) is 2.96. The molecule has 0 saturated carbocycles. The monoisotopic (exact) mass is 401 g/mol. The number of carbonyl (C=O) groups is 1. The lowest BCUT2D eigenvalue weighted by Gasteiger charge is -2.28. The van der Waals surface area contributed by atoms with Gasteiger partial charge in [-0.1, -0.05) is 26.0 Å². The largest absolute Gasteiger partial charge is 0.378 e. The number of nitrogens with one attached hydrogen (secondary N) is 1. The number of carbonyl (C=O) groups excluding carboxylic acids is 1. The van der Waals surface area contributed by atoms with Crippen LogP contribution in [0.5, 0.6) is 0 Å². The molecule has 1 N–H and O–H groups in total. The van der Waals surface area contributed by atoms with Crippen LogP contribution in [0.2, 0.25) is 0 Å². The maximum absolute atomic E-state index is 13.2. The number of anilines is 1. The number of aryl methyl sites for hydroxylation is 1. The lowest BCUT2D eigenvalue weighted by atomic mass is 10.2. The Morgan fingerprint density at radius 1 is 1.21 bits per heavy atom. The number of fused-ring (bicyclic) bond motifs is 1. The Kier molecular flexibility index (Phi) is 7.60. The number of likely N-dealkylation sites (N-methyl/N-ethyl adjacent to an activating group) is 1.